The molecular weight excluding hydrogens is 466 g/mol. The highest BCUT2D eigenvalue weighted by Crippen LogP contribution is 2.38. The van der Waals surface area contributed by atoms with Gasteiger partial charge in [-0.2, -0.15) is 0 Å². The number of anilines is 1. The van der Waals surface area contributed by atoms with Crippen molar-refractivity contribution in [2.75, 3.05) is 17.4 Å². The molecule has 172 valence electrons. The van der Waals surface area contributed by atoms with E-state index in [1.54, 1.807) is 29.5 Å². The van der Waals surface area contributed by atoms with Crippen molar-refractivity contribution in [3.05, 3.63) is 88.9 Å². The summed E-state index contributed by atoms with van der Waals surface area (Å²) in [5.41, 5.74) is 3.08. The Morgan fingerprint density at radius 2 is 1.79 bits per heavy atom. The van der Waals surface area contributed by atoms with Crippen molar-refractivity contribution in [1.29, 1.82) is 0 Å². The third kappa shape index (κ3) is 3.49. The number of aromatic nitrogens is 1. The van der Waals surface area contributed by atoms with E-state index >= 15 is 0 Å². The zero-order valence-electron chi connectivity index (χ0n) is 18.4. The molecule has 8 heteroatoms. The van der Waals surface area contributed by atoms with Crippen LogP contribution in [0.25, 0.3) is 10.2 Å². The fourth-order valence-corrected chi connectivity index (χ4v) is 7.60. The van der Waals surface area contributed by atoms with E-state index in [1.807, 2.05) is 53.4 Å². The molecule has 34 heavy (non-hydrogen) atoms. The van der Waals surface area contributed by atoms with Crippen LogP contribution in [0.15, 0.2) is 77.7 Å². The first-order valence-corrected chi connectivity index (χ1v) is 13.7. The monoisotopic (exact) mass is 489 g/mol. The lowest BCUT2D eigenvalue weighted by atomic mass is 10.1. The summed E-state index contributed by atoms with van der Waals surface area (Å²) in [5, 5.41) is 0.935. The van der Waals surface area contributed by atoms with Gasteiger partial charge in [-0.3, -0.25) is 9.10 Å². The minimum Gasteiger partial charge on any atom is -0.329 e. The molecule has 0 bridgehead atoms. The van der Waals surface area contributed by atoms with E-state index in [0.717, 1.165) is 39.3 Å². The summed E-state index contributed by atoms with van der Waals surface area (Å²) in [4.78, 5) is 20.3. The number of likely N-dealkylation sites (tertiary alicyclic amines) is 1. The summed E-state index contributed by atoms with van der Waals surface area (Å²) < 4.78 is 29.5. The Labute approximate surface area is 202 Å². The third-order valence-electron chi connectivity index (χ3n) is 6.62. The summed E-state index contributed by atoms with van der Waals surface area (Å²) in [5.74, 6) is -0.152. The molecule has 6 rings (SSSR count). The molecule has 0 aliphatic carbocycles. The number of para-hydroxylation sites is 2. The number of benzene rings is 3. The molecule has 1 aromatic heterocycles. The SMILES string of the molecule is O=C(c1cccc(S(=O)(=O)N2CCc3ccccc32)c1)N1CCC[C@@H]1c1nc2ccccc2s1. The van der Waals surface area contributed by atoms with Crippen molar-refractivity contribution in [2.45, 2.75) is 30.2 Å². The van der Waals surface area contributed by atoms with Crippen LogP contribution in [0.2, 0.25) is 0 Å². The van der Waals surface area contributed by atoms with Crippen molar-refractivity contribution in [2.24, 2.45) is 0 Å². The molecule has 4 aromatic rings. The number of carbonyl (C=O) groups excluding carboxylic acids is 1. The second-order valence-corrected chi connectivity index (χ2v) is 11.6. The Balaban J connectivity index is 1.30. The van der Waals surface area contributed by atoms with Crippen molar-refractivity contribution in [3.8, 4) is 0 Å². The van der Waals surface area contributed by atoms with Gasteiger partial charge in [0.2, 0.25) is 0 Å². The van der Waals surface area contributed by atoms with Crippen LogP contribution in [0, 0.1) is 0 Å². The number of fused-ring (bicyclic) bond motifs is 2. The van der Waals surface area contributed by atoms with E-state index < -0.39 is 10.0 Å². The van der Waals surface area contributed by atoms with E-state index in [4.69, 9.17) is 4.98 Å². The second kappa shape index (κ2) is 8.21. The molecule has 1 fully saturated rings. The van der Waals surface area contributed by atoms with Gasteiger partial charge in [-0.15, -0.1) is 11.3 Å². The molecule has 2 aliphatic heterocycles. The van der Waals surface area contributed by atoms with Crippen molar-refractivity contribution >= 4 is 43.2 Å². The predicted molar refractivity (Wildman–Crippen MR) is 134 cm³/mol. The maximum absolute atomic E-state index is 13.5. The molecule has 3 heterocycles. The highest BCUT2D eigenvalue weighted by atomic mass is 32.2. The Morgan fingerprint density at radius 3 is 2.68 bits per heavy atom. The van der Waals surface area contributed by atoms with Gasteiger partial charge in [0, 0.05) is 18.7 Å². The fourth-order valence-electron chi connectivity index (χ4n) is 4.94. The van der Waals surface area contributed by atoms with Gasteiger partial charge >= 0.3 is 0 Å². The fraction of sp³-hybridized carbons (Fsp3) is 0.231. The van der Waals surface area contributed by atoms with Gasteiger partial charge in [0.25, 0.3) is 15.9 Å². The minimum atomic E-state index is -3.76. The molecule has 6 nitrogen and oxygen atoms in total. The zero-order valence-corrected chi connectivity index (χ0v) is 20.1. The summed E-state index contributed by atoms with van der Waals surface area (Å²) in [6, 6.07) is 21.9. The topological polar surface area (TPSA) is 70.6 Å². The average Bonchev–Trinajstić information content (AvgIpc) is 3.61. The van der Waals surface area contributed by atoms with Crippen LogP contribution in [0.3, 0.4) is 0 Å². The quantitative estimate of drug-likeness (QED) is 0.403. The third-order valence-corrected chi connectivity index (χ3v) is 9.57. The van der Waals surface area contributed by atoms with Crippen LogP contribution in [-0.4, -0.2) is 37.3 Å². The van der Waals surface area contributed by atoms with E-state index in [0.29, 0.717) is 25.1 Å². The molecule has 3 aromatic carbocycles. The van der Waals surface area contributed by atoms with E-state index in [2.05, 4.69) is 0 Å². The Hall–Kier alpha value is -3.23. The molecule has 0 unspecified atom stereocenters. The number of amides is 1. The minimum absolute atomic E-state index is 0.0874. The van der Waals surface area contributed by atoms with Gasteiger partial charge in [-0.1, -0.05) is 36.4 Å². The maximum atomic E-state index is 13.5. The highest BCUT2D eigenvalue weighted by Gasteiger charge is 2.34. The first-order chi connectivity index (χ1) is 16.5. The molecule has 0 saturated carbocycles. The molecule has 1 atom stereocenters. The standard InChI is InChI=1S/C26H23N3O3S2/c30-26(28-15-6-12-23(28)25-27-21-10-2-4-13-24(21)33-25)19-8-5-9-20(17-19)34(31,32)29-16-14-18-7-1-3-11-22(18)29/h1-5,7-11,13,17,23H,6,12,14-16H2/t23-/m1/s1. The van der Waals surface area contributed by atoms with Crippen LogP contribution in [0.1, 0.15) is 39.8 Å². The van der Waals surface area contributed by atoms with Crippen molar-refractivity contribution in [3.63, 3.8) is 0 Å². The smallest absolute Gasteiger partial charge is 0.264 e. The van der Waals surface area contributed by atoms with Gasteiger partial charge in [0.15, 0.2) is 0 Å². The Morgan fingerprint density at radius 1 is 0.971 bits per heavy atom. The van der Waals surface area contributed by atoms with Gasteiger partial charge in [0.05, 0.1) is 26.8 Å². The molecule has 0 radical (unpaired) electrons. The number of nitrogens with zero attached hydrogens (tertiary/aromatic N) is 3. The number of hydrogen-bond donors (Lipinski definition) is 0. The lowest BCUT2D eigenvalue weighted by Gasteiger charge is -2.24. The number of sulfonamides is 1. The van der Waals surface area contributed by atoms with E-state index in [-0.39, 0.29) is 16.8 Å². The van der Waals surface area contributed by atoms with Crippen LogP contribution in [0.4, 0.5) is 5.69 Å². The molecule has 1 saturated heterocycles. The summed E-state index contributed by atoms with van der Waals surface area (Å²) in [6.45, 7) is 1.04. The van der Waals surface area contributed by atoms with Crippen LogP contribution in [-0.2, 0) is 16.4 Å². The Kier molecular flexibility index (Phi) is 5.15. The normalized spacial score (nSPS) is 17.9. The largest absolute Gasteiger partial charge is 0.329 e. The van der Waals surface area contributed by atoms with Gasteiger partial charge < -0.3 is 4.90 Å². The molecule has 0 spiro atoms. The number of rotatable bonds is 4. The molecule has 0 N–H and O–H groups in total. The zero-order chi connectivity index (χ0) is 23.3. The van der Waals surface area contributed by atoms with Crippen LogP contribution >= 0.6 is 11.3 Å². The summed E-state index contributed by atoms with van der Waals surface area (Å²) in [7, 11) is -3.76. The predicted octanol–water partition coefficient (Wildman–Crippen LogP) is 5.03. The first-order valence-electron chi connectivity index (χ1n) is 11.4. The molecule has 2 aliphatic rings. The number of thiazole rings is 1. The van der Waals surface area contributed by atoms with Crippen LogP contribution in [0.5, 0.6) is 0 Å². The highest BCUT2D eigenvalue weighted by molar-refractivity contribution is 7.92. The lowest BCUT2D eigenvalue weighted by Crippen LogP contribution is -2.31. The van der Waals surface area contributed by atoms with Gasteiger partial charge in [0.1, 0.15) is 5.01 Å². The van der Waals surface area contributed by atoms with E-state index in [1.165, 1.54) is 10.4 Å². The average molecular weight is 490 g/mol. The van der Waals surface area contributed by atoms with Crippen molar-refractivity contribution < 1.29 is 13.2 Å². The second-order valence-electron chi connectivity index (χ2n) is 8.66. The van der Waals surface area contributed by atoms with E-state index in [9.17, 15) is 13.2 Å². The van der Waals surface area contributed by atoms with Crippen molar-refractivity contribution in [1.82, 2.24) is 9.88 Å². The van der Waals surface area contributed by atoms with Crippen LogP contribution < -0.4 is 4.31 Å². The Bertz CT molecular complexity index is 1480. The van der Waals surface area contributed by atoms with Gasteiger partial charge in [-0.05, 0) is 61.2 Å². The maximum Gasteiger partial charge on any atom is 0.264 e. The summed E-state index contributed by atoms with van der Waals surface area (Å²) >= 11 is 1.62. The lowest BCUT2D eigenvalue weighted by molar-refractivity contribution is 0.0735. The first kappa shape index (κ1) is 21.3. The van der Waals surface area contributed by atoms with Gasteiger partial charge in [-0.25, -0.2) is 13.4 Å². The molecule has 1 amide bonds. The number of hydrogen-bond acceptors (Lipinski definition) is 5. The molecular formula is C26H23N3O3S2. The summed E-state index contributed by atoms with van der Waals surface area (Å²) in [6.07, 6.45) is 2.44. The number of carbonyl (C=O) groups is 1.